The first-order valence-corrected chi connectivity index (χ1v) is 7.35. The molecule has 3 rings (SSSR count). The highest BCUT2D eigenvalue weighted by atomic mass is 16.6. The van der Waals surface area contributed by atoms with Crippen LogP contribution >= 0.6 is 0 Å². The molecule has 0 amide bonds. The fourth-order valence-corrected chi connectivity index (χ4v) is 2.26. The SMILES string of the molecule is CC(=O)OCCOc1nc2cnccn2c(=O)c1-c1ccccc1. The average molecular weight is 325 g/mol. The predicted molar refractivity (Wildman–Crippen MR) is 86.8 cm³/mol. The molecule has 1 aromatic carbocycles. The van der Waals surface area contributed by atoms with Gasteiger partial charge < -0.3 is 9.47 Å². The summed E-state index contributed by atoms with van der Waals surface area (Å²) in [5.74, 6) is -0.205. The summed E-state index contributed by atoms with van der Waals surface area (Å²) < 4.78 is 11.9. The van der Waals surface area contributed by atoms with Crippen LogP contribution in [-0.4, -0.2) is 33.6 Å². The van der Waals surface area contributed by atoms with Crippen LogP contribution in [0.4, 0.5) is 0 Å². The second kappa shape index (κ2) is 6.91. The Morgan fingerprint density at radius 1 is 1.21 bits per heavy atom. The first-order chi connectivity index (χ1) is 11.7. The largest absolute Gasteiger partial charge is 0.473 e. The molecule has 122 valence electrons. The second-order valence-corrected chi connectivity index (χ2v) is 4.96. The van der Waals surface area contributed by atoms with E-state index in [-0.39, 0.29) is 24.7 Å². The summed E-state index contributed by atoms with van der Waals surface area (Å²) in [6.07, 6.45) is 4.56. The molecule has 0 fully saturated rings. The lowest BCUT2D eigenvalue weighted by atomic mass is 10.1. The van der Waals surface area contributed by atoms with Crippen LogP contribution in [0.25, 0.3) is 16.8 Å². The average Bonchev–Trinajstić information content (AvgIpc) is 2.59. The number of nitrogens with zero attached hydrogens (tertiary/aromatic N) is 3. The minimum atomic E-state index is -0.391. The monoisotopic (exact) mass is 325 g/mol. The lowest BCUT2D eigenvalue weighted by Gasteiger charge is -2.12. The molecule has 0 aliphatic rings. The van der Waals surface area contributed by atoms with Crippen molar-refractivity contribution in [3.8, 4) is 17.0 Å². The molecule has 0 radical (unpaired) electrons. The second-order valence-electron chi connectivity index (χ2n) is 4.96. The number of ether oxygens (including phenoxy) is 2. The molecule has 0 N–H and O–H groups in total. The van der Waals surface area contributed by atoms with E-state index in [4.69, 9.17) is 9.47 Å². The van der Waals surface area contributed by atoms with Crippen molar-refractivity contribution in [3.05, 3.63) is 59.3 Å². The maximum absolute atomic E-state index is 12.8. The van der Waals surface area contributed by atoms with E-state index in [2.05, 4.69) is 9.97 Å². The van der Waals surface area contributed by atoms with Gasteiger partial charge in [0.1, 0.15) is 18.8 Å². The van der Waals surface area contributed by atoms with Crippen molar-refractivity contribution in [1.82, 2.24) is 14.4 Å². The Kier molecular flexibility index (Phi) is 4.51. The maximum Gasteiger partial charge on any atom is 0.302 e. The zero-order valence-electron chi connectivity index (χ0n) is 13.0. The fourth-order valence-electron chi connectivity index (χ4n) is 2.26. The number of rotatable bonds is 5. The topological polar surface area (TPSA) is 82.8 Å². The van der Waals surface area contributed by atoms with Crippen molar-refractivity contribution in [2.24, 2.45) is 0 Å². The smallest absolute Gasteiger partial charge is 0.302 e. The van der Waals surface area contributed by atoms with Gasteiger partial charge in [-0.05, 0) is 5.56 Å². The van der Waals surface area contributed by atoms with Crippen molar-refractivity contribution < 1.29 is 14.3 Å². The summed E-state index contributed by atoms with van der Waals surface area (Å²) in [4.78, 5) is 32.0. The summed E-state index contributed by atoms with van der Waals surface area (Å²) in [7, 11) is 0. The molecule has 0 spiro atoms. The first-order valence-electron chi connectivity index (χ1n) is 7.35. The lowest BCUT2D eigenvalue weighted by molar-refractivity contribution is -0.141. The van der Waals surface area contributed by atoms with E-state index in [9.17, 15) is 9.59 Å². The lowest BCUT2D eigenvalue weighted by Crippen LogP contribution is -2.20. The molecule has 7 nitrogen and oxygen atoms in total. The Hall–Kier alpha value is -3.22. The zero-order valence-corrected chi connectivity index (χ0v) is 13.0. The third-order valence-electron chi connectivity index (χ3n) is 3.29. The van der Waals surface area contributed by atoms with Crippen LogP contribution < -0.4 is 10.3 Å². The number of benzene rings is 1. The van der Waals surface area contributed by atoms with Crippen LogP contribution in [0.3, 0.4) is 0 Å². The Balaban J connectivity index is 2.05. The van der Waals surface area contributed by atoms with Gasteiger partial charge in [0, 0.05) is 19.3 Å². The molecular formula is C17H15N3O4. The Labute approximate surface area is 137 Å². The number of aromatic nitrogens is 3. The van der Waals surface area contributed by atoms with E-state index < -0.39 is 5.97 Å². The molecule has 0 bridgehead atoms. The van der Waals surface area contributed by atoms with Crippen LogP contribution in [-0.2, 0) is 9.53 Å². The van der Waals surface area contributed by atoms with Gasteiger partial charge in [0.15, 0.2) is 5.65 Å². The Bertz CT molecular complexity index is 922. The third kappa shape index (κ3) is 3.24. The number of hydrogen-bond donors (Lipinski definition) is 0. The van der Waals surface area contributed by atoms with Gasteiger partial charge >= 0.3 is 5.97 Å². The summed E-state index contributed by atoms with van der Waals surface area (Å²) >= 11 is 0. The van der Waals surface area contributed by atoms with Gasteiger partial charge in [-0.25, -0.2) is 0 Å². The van der Waals surface area contributed by atoms with Crippen molar-refractivity contribution in [3.63, 3.8) is 0 Å². The standard InChI is InChI=1S/C17H15N3O4/c1-12(21)23-9-10-24-16-15(13-5-3-2-4-6-13)17(22)20-8-7-18-11-14(20)19-16/h2-8,11H,9-10H2,1H3. The molecule has 2 aromatic heterocycles. The van der Waals surface area contributed by atoms with Crippen molar-refractivity contribution in [2.75, 3.05) is 13.2 Å². The van der Waals surface area contributed by atoms with Crippen LogP contribution in [0.15, 0.2) is 53.7 Å². The van der Waals surface area contributed by atoms with E-state index in [0.29, 0.717) is 16.8 Å². The molecule has 7 heteroatoms. The molecule has 0 aliphatic carbocycles. The van der Waals surface area contributed by atoms with Gasteiger partial charge in [-0.1, -0.05) is 30.3 Å². The fraction of sp³-hybridized carbons (Fsp3) is 0.176. The zero-order chi connectivity index (χ0) is 16.9. The molecule has 24 heavy (non-hydrogen) atoms. The van der Waals surface area contributed by atoms with Gasteiger partial charge in [0.05, 0.1) is 6.20 Å². The number of carbonyl (C=O) groups is 1. The molecule has 3 aromatic rings. The predicted octanol–water partition coefficient (Wildman–Crippen LogP) is 1.70. The highest BCUT2D eigenvalue weighted by molar-refractivity contribution is 5.69. The van der Waals surface area contributed by atoms with Gasteiger partial charge in [0.2, 0.25) is 5.88 Å². The van der Waals surface area contributed by atoms with Gasteiger partial charge in [-0.15, -0.1) is 0 Å². The van der Waals surface area contributed by atoms with E-state index in [0.717, 1.165) is 0 Å². The van der Waals surface area contributed by atoms with Crippen molar-refractivity contribution in [2.45, 2.75) is 6.92 Å². The van der Waals surface area contributed by atoms with E-state index in [1.54, 1.807) is 6.20 Å². The van der Waals surface area contributed by atoms with Crippen molar-refractivity contribution >= 4 is 11.6 Å². The summed E-state index contributed by atoms with van der Waals surface area (Å²) in [5, 5.41) is 0. The van der Waals surface area contributed by atoms with Crippen LogP contribution in [0.5, 0.6) is 5.88 Å². The molecular weight excluding hydrogens is 310 g/mol. The quantitative estimate of drug-likeness (QED) is 0.524. The molecule has 0 atom stereocenters. The summed E-state index contributed by atoms with van der Waals surface area (Å²) in [5.41, 5.74) is 1.17. The van der Waals surface area contributed by atoms with Gasteiger partial charge in [-0.3, -0.25) is 19.0 Å². The molecule has 0 unspecified atom stereocenters. The highest BCUT2D eigenvalue weighted by Gasteiger charge is 2.16. The van der Waals surface area contributed by atoms with Crippen molar-refractivity contribution in [1.29, 1.82) is 0 Å². The minimum Gasteiger partial charge on any atom is -0.473 e. The van der Waals surface area contributed by atoms with E-state index in [1.165, 1.54) is 23.7 Å². The Morgan fingerprint density at radius 2 is 2.00 bits per heavy atom. The maximum atomic E-state index is 12.8. The number of fused-ring (bicyclic) bond motifs is 1. The normalized spacial score (nSPS) is 10.5. The molecule has 0 saturated heterocycles. The van der Waals surface area contributed by atoms with E-state index >= 15 is 0 Å². The van der Waals surface area contributed by atoms with Gasteiger partial charge in [0.25, 0.3) is 5.56 Å². The Morgan fingerprint density at radius 3 is 2.75 bits per heavy atom. The first kappa shape index (κ1) is 15.7. The highest BCUT2D eigenvalue weighted by Crippen LogP contribution is 2.24. The molecule has 2 heterocycles. The number of esters is 1. The minimum absolute atomic E-state index is 0.0810. The summed E-state index contributed by atoms with van der Waals surface area (Å²) in [6.45, 7) is 1.50. The van der Waals surface area contributed by atoms with Crippen LogP contribution in [0.2, 0.25) is 0 Å². The van der Waals surface area contributed by atoms with Crippen LogP contribution in [0, 0.1) is 0 Å². The number of hydrogen-bond acceptors (Lipinski definition) is 6. The van der Waals surface area contributed by atoms with E-state index in [1.807, 2.05) is 30.3 Å². The van der Waals surface area contributed by atoms with Gasteiger partial charge in [-0.2, -0.15) is 4.98 Å². The molecule has 0 saturated carbocycles. The molecule has 0 aliphatic heterocycles. The number of carbonyl (C=O) groups excluding carboxylic acids is 1. The third-order valence-corrected chi connectivity index (χ3v) is 3.29. The summed E-state index contributed by atoms with van der Waals surface area (Å²) in [6, 6.07) is 9.15. The van der Waals surface area contributed by atoms with Crippen LogP contribution in [0.1, 0.15) is 6.92 Å².